The van der Waals surface area contributed by atoms with E-state index in [9.17, 15) is 4.79 Å². The number of amides is 1. The summed E-state index contributed by atoms with van der Waals surface area (Å²) in [6.45, 7) is 3.57. The zero-order chi connectivity index (χ0) is 14.7. The van der Waals surface area contributed by atoms with E-state index >= 15 is 0 Å². The van der Waals surface area contributed by atoms with Crippen LogP contribution in [0.4, 0.5) is 5.82 Å². The fraction of sp³-hybridized carbons (Fsp3) is 0.308. The first kappa shape index (κ1) is 14.3. The van der Waals surface area contributed by atoms with Gasteiger partial charge in [0.2, 0.25) is 5.89 Å². The predicted molar refractivity (Wildman–Crippen MR) is 75.9 cm³/mol. The second-order valence-corrected chi connectivity index (χ2v) is 4.69. The molecular formula is C13H15ClN4O2. The number of oxazole rings is 1. The molecule has 0 aliphatic carbocycles. The maximum Gasteiger partial charge on any atom is 0.272 e. The number of aromatic nitrogens is 2. The molecule has 2 heterocycles. The third kappa shape index (κ3) is 3.08. The maximum absolute atomic E-state index is 12.2. The molecular weight excluding hydrogens is 280 g/mol. The second-order valence-electron chi connectivity index (χ2n) is 4.28. The van der Waals surface area contributed by atoms with Crippen molar-refractivity contribution < 1.29 is 9.21 Å². The summed E-state index contributed by atoms with van der Waals surface area (Å²) in [4.78, 5) is 20.4. The van der Waals surface area contributed by atoms with Crippen LogP contribution in [0, 0.1) is 6.92 Å². The quantitative estimate of drug-likeness (QED) is 0.906. The van der Waals surface area contributed by atoms with E-state index < -0.39 is 0 Å². The molecule has 0 fully saturated rings. The molecule has 106 valence electrons. The molecule has 0 saturated carbocycles. The highest BCUT2D eigenvalue weighted by molar-refractivity contribution is 6.33. The molecule has 0 aliphatic heterocycles. The van der Waals surface area contributed by atoms with Crippen LogP contribution in [-0.4, -0.2) is 22.9 Å². The van der Waals surface area contributed by atoms with Crippen LogP contribution >= 0.6 is 11.6 Å². The van der Waals surface area contributed by atoms with Gasteiger partial charge in [-0.1, -0.05) is 11.6 Å². The fourth-order valence-corrected chi connectivity index (χ4v) is 1.83. The van der Waals surface area contributed by atoms with Crippen molar-refractivity contribution in [1.29, 1.82) is 0 Å². The summed E-state index contributed by atoms with van der Waals surface area (Å²) in [6.07, 6.45) is 1.60. The number of rotatable bonds is 4. The van der Waals surface area contributed by atoms with Crippen LogP contribution in [0.2, 0.25) is 5.02 Å². The van der Waals surface area contributed by atoms with Crippen LogP contribution < -0.4 is 10.6 Å². The summed E-state index contributed by atoms with van der Waals surface area (Å²) < 4.78 is 5.37. The molecule has 1 amide bonds. The molecule has 2 aromatic rings. The summed E-state index contributed by atoms with van der Waals surface area (Å²) in [5.41, 5.74) is 0.161. The van der Waals surface area contributed by atoms with Gasteiger partial charge in [0.25, 0.3) is 5.91 Å². The van der Waals surface area contributed by atoms with Crippen LogP contribution in [-0.2, 0) is 0 Å². The van der Waals surface area contributed by atoms with Gasteiger partial charge in [-0.2, -0.15) is 0 Å². The van der Waals surface area contributed by atoms with Crippen molar-refractivity contribution >= 4 is 23.3 Å². The monoisotopic (exact) mass is 294 g/mol. The molecule has 6 nitrogen and oxygen atoms in total. The van der Waals surface area contributed by atoms with Crippen molar-refractivity contribution in [2.75, 3.05) is 12.4 Å². The first-order valence-corrected chi connectivity index (χ1v) is 6.46. The Morgan fingerprint density at radius 1 is 1.45 bits per heavy atom. The lowest BCUT2D eigenvalue weighted by atomic mass is 10.3. The summed E-state index contributed by atoms with van der Waals surface area (Å²) >= 11 is 5.99. The third-order valence-electron chi connectivity index (χ3n) is 2.67. The van der Waals surface area contributed by atoms with Gasteiger partial charge in [-0.3, -0.25) is 4.79 Å². The van der Waals surface area contributed by atoms with Crippen molar-refractivity contribution in [3.8, 4) is 0 Å². The van der Waals surface area contributed by atoms with E-state index in [1.165, 1.54) is 0 Å². The standard InChI is InChI=1S/C13H15ClN4O2/c1-7-6-16-13(20-7)8(2)17-12(19)11-9(14)4-5-10(15-3)18-11/h4-6,8H,1-3H3,(H,15,18)(H,17,19). The minimum Gasteiger partial charge on any atom is -0.444 e. The molecule has 2 rings (SSSR count). The van der Waals surface area contributed by atoms with E-state index in [4.69, 9.17) is 16.0 Å². The highest BCUT2D eigenvalue weighted by atomic mass is 35.5. The second kappa shape index (κ2) is 5.92. The molecule has 2 aromatic heterocycles. The van der Waals surface area contributed by atoms with Crippen LogP contribution in [0.3, 0.4) is 0 Å². The van der Waals surface area contributed by atoms with Gasteiger partial charge in [-0.25, -0.2) is 9.97 Å². The lowest BCUT2D eigenvalue weighted by molar-refractivity contribution is 0.0929. The van der Waals surface area contributed by atoms with Gasteiger partial charge in [0, 0.05) is 7.05 Å². The Bertz CT molecular complexity index is 627. The molecule has 0 aliphatic rings. The number of anilines is 1. The number of pyridine rings is 1. The molecule has 0 aromatic carbocycles. The largest absolute Gasteiger partial charge is 0.444 e. The lowest BCUT2D eigenvalue weighted by Gasteiger charge is -2.11. The number of nitrogens with zero attached hydrogens (tertiary/aromatic N) is 2. The topological polar surface area (TPSA) is 80.0 Å². The Labute approximate surface area is 121 Å². The van der Waals surface area contributed by atoms with Crippen molar-refractivity contribution in [3.63, 3.8) is 0 Å². The Kier molecular flexibility index (Phi) is 4.24. The van der Waals surface area contributed by atoms with E-state index in [1.54, 1.807) is 39.2 Å². The Morgan fingerprint density at radius 2 is 2.20 bits per heavy atom. The van der Waals surface area contributed by atoms with Gasteiger partial charge in [0.15, 0.2) is 0 Å². The normalized spacial score (nSPS) is 12.0. The van der Waals surface area contributed by atoms with Gasteiger partial charge in [0.05, 0.1) is 11.2 Å². The van der Waals surface area contributed by atoms with Crippen molar-refractivity contribution in [2.45, 2.75) is 19.9 Å². The minimum atomic E-state index is -0.379. The number of hydrogen-bond donors (Lipinski definition) is 2. The summed E-state index contributed by atoms with van der Waals surface area (Å²) in [6, 6.07) is 2.95. The molecule has 1 unspecified atom stereocenters. The van der Waals surface area contributed by atoms with E-state index in [1.807, 2.05) is 0 Å². The molecule has 0 spiro atoms. The molecule has 2 N–H and O–H groups in total. The maximum atomic E-state index is 12.2. The van der Waals surface area contributed by atoms with Gasteiger partial charge in [-0.15, -0.1) is 0 Å². The summed E-state index contributed by atoms with van der Waals surface area (Å²) in [7, 11) is 1.72. The molecule has 0 radical (unpaired) electrons. The molecule has 7 heteroatoms. The van der Waals surface area contributed by atoms with Crippen molar-refractivity contribution in [2.24, 2.45) is 0 Å². The third-order valence-corrected chi connectivity index (χ3v) is 2.98. The number of aryl methyl sites for hydroxylation is 1. The van der Waals surface area contributed by atoms with Crippen LogP contribution in [0.1, 0.15) is 35.1 Å². The van der Waals surface area contributed by atoms with Gasteiger partial charge in [0.1, 0.15) is 23.3 Å². The van der Waals surface area contributed by atoms with E-state index in [0.29, 0.717) is 17.5 Å². The Morgan fingerprint density at radius 3 is 2.80 bits per heavy atom. The molecule has 20 heavy (non-hydrogen) atoms. The first-order chi connectivity index (χ1) is 9.51. The minimum absolute atomic E-state index is 0.161. The van der Waals surface area contributed by atoms with Gasteiger partial charge < -0.3 is 15.1 Å². The van der Waals surface area contributed by atoms with Crippen LogP contribution in [0.15, 0.2) is 22.7 Å². The number of carbonyl (C=O) groups excluding carboxylic acids is 1. The zero-order valence-corrected chi connectivity index (χ0v) is 12.2. The van der Waals surface area contributed by atoms with Crippen molar-refractivity contribution in [1.82, 2.24) is 15.3 Å². The van der Waals surface area contributed by atoms with Gasteiger partial charge in [-0.05, 0) is 26.0 Å². The number of halogens is 1. The first-order valence-electron chi connectivity index (χ1n) is 6.08. The highest BCUT2D eigenvalue weighted by Crippen LogP contribution is 2.18. The molecule has 1 atom stereocenters. The Balaban J connectivity index is 2.15. The smallest absolute Gasteiger partial charge is 0.272 e. The van der Waals surface area contributed by atoms with Gasteiger partial charge >= 0.3 is 0 Å². The highest BCUT2D eigenvalue weighted by Gasteiger charge is 2.18. The average Bonchev–Trinajstić information content (AvgIpc) is 2.86. The fourth-order valence-electron chi connectivity index (χ4n) is 1.64. The number of nitrogens with one attached hydrogen (secondary N) is 2. The lowest BCUT2D eigenvalue weighted by Crippen LogP contribution is -2.28. The van der Waals surface area contributed by atoms with E-state index in [2.05, 4.69) is 20.6 Å². The van der Waals surface area contributed by atoms with E-state index in [0.717, 1.165) is 0 Å². The zero-order valence-electron chi connectivity index (χ0n) is 11.4. The number of hydrogen-bond acceptors (Lipinski definition) is 5. The SMILES string of the molecule is CNc1ccc(Cl)c(C(=O)NC(C)c2ncc(C)o2)n1. The molecule has 0 bridgehead atoms. The molecule has 0 saturated heterocycles. The van der Waals surface area contributed by atoms with Crippen LogP contribution in [0.25, 0.3) is 0 Å². The van der Waals surface area contributed by atoms with E-state index in [-0.39, 0.29) is 22.7 Å². The summed E-state index contributed by atoms with van der Waals surface area (Å²) in [5.74, 6) is 1.32. The predicted octanol–water partition coefficient (Wildman–Crippen LogP) is 2.56. The van der Waals surface area contributed by atoms with Crippen molar-refractivity contribution in [3.05, 3.63) is 40.7 Å². The Hall–Kier alpha value is -2.08. The van der Waals surface area contributed by atoms with Crippen LogP contribution in [0.5, 0.6) is 0 Å². The number of carbonyl (C=O) groups is 1. The summed E-state index contributed by atoms with van der Waals surface area (Å²) in [5, 5.41) is 5.89. The average molecular weight is 295 g/mol.